The highest BCUT2D eigenvalue weighted by molar-refractivity contribution is 5.75. The third-order valence-electron chi connectivity index (χ3n) is 4.64. The Balaban J connectivity index is 1.74. The summed E-state index contributed by atoms with van der Waals surface area (Å²) in [5.41, 5.74) is 3.00. The molecule has 0 aliphatic carbocycles. The van der Waals surface area contributed by atoms with E-state index in [1.165, 1.54) is 6.33 Å². The van der Waals surface area contributed by atoms with Gasteiger partial charge < -0.3 is 9.64 Å². The SMILES string of the molecule is CCc1ccc(Oc2ncnc(N3CCc4ccccc43)c2[N+](=O)[O-])cc1. The molecule has 3 aromatic rings. The lowest BCUT2D eigenvalue weighted by atomic mass is 10.2. The van der Waals surface area contributed by atoms with Crippen molar-refractivity contribution in [1.82, 2.24) is 9.97 Å². The molecule has 0 fully saturated rings. The molecule has 0 saturated carbocycles. The molecule has 2 heterocycles. The van der Waals surface area contributed by atoms with Gasteiger partial charge in [-0.1, -0.05) is 37.3 Å². The number of rotatable bonds is 5. The van der Waals surface area contributed by atoms with E-state index < -0.39 is 4.92 Å². The minimum absolute atomic E-state index is 0.0568. The summed E-state index contributed by atoms with van der Waals surface area (Å²) in [4.78, 5) is 21.4. The number of anilines is 2. The summed E-state index contributed by atoms with van der Waals surface area (Å²) in [5, 5.41) is 11.8. The van der Waals surface area contributed by atoms with E-state index in [-0.39, 0.29) is 17.4 Å². The van der Waals surface area contributed by atoms with E-state index >= 15 is 0 Å². The van der Waals surface area contributed by atoms with Crippen molar-refractivity contribution < 1.29 is 9.66 Å². The number of nitrogens with zero attached hydrogens (tertiary/aromatic N) is 4. The number of fused-ring (bicyclic) bond motifs is 1. The molecule has 0 spiro atoms. The van der Waals surface area contributed by atoms with Crippen LogP contribution in [0.4, 0.5) is 17.2 Å². The average Bonchev–Trinajstić information content (AvgIpc) is 3.12. The van der Waals surface area contributed by atoms with Crippen LogP contribution in [0.15, 0.2) is 54.9 Å². The predicted molar refractivity (Wildman–Crippen MR) is 102 cm³/mol. The first-order valence-electron chi connectivity index (χ1n) is 8.79. The zero-order chi connectivity index (χ0) is 18.8. The van der Waals surface area contributed by atoms with E-state index in [1.807, 2.05) is 41.3 Å². The van der Waals surface area contributed by atoms with Crippen molar-refractivity contribution in [2.75, 3.05) is 11.4 Å². The van der Waals surface area contributed by atoms with Gasteiger partial charge in [0.2, 0.25) is 5.82 Å². The number of para-hydroxylation sites is 1. The van der Waals surface area contributed by atoms with E-state index in [9.17, 15) is 10.1 Å². The molecule has 136 valence electrons. The van der Waals surface area contributed by atoms with Crippen LogP contribution in [0.5, 0.6) is 11.6 Å². The van der Waals surface area contributed by atoms with Crippen LogP contribution in [0, 0.1) is 10.1 Å². The summed E-state index contributed by atoms with van der Waals surface area (Å²) in [6, 6.07) is 15.3. The van der Waals surface area contributed by atoms with Gasteiger partial charge >= 0.3 is 11.6 Å². The molecule has 1 aromatic heterocycles. The minimum atomic E-state index is -0.480. The molecule has 0 amide bonds. The summed E-state index contributed by atoms with van der Waals surface area (Å²) >= 11 is 0. The van der Waals surface area contributed by atoms with Crippen LogP contribution in [0.1, 0.15) is 18.1 Å². The van der Waals surface area contributed by atoms with Crippen LogP contribution in [0.2, 0.25) is 0 Å². The maximum Gasteiger partial charge on any atom is 0.373 e. The molecule has 0 saturated heterocycles. The van der Waals surface area contributed by atoms with Crippen molar-refractivity contribution >= 4 is 17.2 Å². The van der Waals surface area contributed by atoms with E-state index in [1.54, 1.807) is 12.1 Å². The van der Waals surface area contributed by atoms with Crippen LogP contribution >= 0.6 is 0 Å². The molecule has 0 bridgehead atoms. The van der Waals surface area contributed by atoms with Gasteiger partial charge in [-0.05, 0) is 42.2 Å². The quantitative estimate of drug-likeness (QED) is 0.493. The molecular formula is C20H18N4O3. The molecule has 0 N–H and O–H groups in total. The molecule has 2 aromatic carbocycles. The normalized spacial score (nSPS) is 12.7. The molecule has 27 heavy (non-hydrogen) atoms. The summed E-state index contributed by atoms with van der Waals surface area (Å²) < 4.78 is 5.74. The summed E-state index contributed by atoms with van der Waals surface area (Å²) in [7, 11) is 0. The maximum absolute atomic E-state index is 11.8. The van der Waals surface area contributed by atoms with Crippen LogP contribution in [-0.2, 0) is 12.8 Å². The number of ether oxygens (including phenoxy) is 1. The fraction of sp³-hybridized carbons (Fsp3) is 0.200. The Hall–Kier alpha value is -3.48. The standard InChI is InChI=1S/C20H18N4O3/c1-2-14-7-9-16(10-8-14)27-20-18(24(25)26)19(21-13-22-20)23-12-11-15-5-3-4-6-17(15)23/h3-10,13H,2,11-12H2,1H3. The van der Waals surface area contributed by atoms with Gasteiger partial charge in [0, 0.05) is 12.2 Å². The Morgan fingerprint density at radius 2 is 1.93 bits per heavy atom. The Morgan fingerprint density at radius 1 is 1.15 bits per heavy atom. The van der Waals surface area contributed by atoms with E-state index in [4.69, 9.17) is 4.74 Å². The lowest BCUT2D eigenvalue weighted by molar-refractivity contribution is -0.385. The first kappa shape index (κ1) is 17.0. The van der Waals surface area contributed by atoms with Gasteiger partial charge in [-0.2, -0.15) is 4.98 Å². The zero-order valence-electron chi connectivity index (χ0n) is 14.8. The highest BCUT2D eigenvalue weighted by Crippen LogP contribution is 2.41. The first-order valence-corrected chi connectivity index (χ1v) is 8.79. The molecule has 0 unspecified atom stereocenters. The number of aryl methyl sites for hydroxylation is 1. The summed E-state index contributed by atoms with van der Waals surface area (Å²) in [6.45, 7) is 2.69. The molecule has 4 rings (SSSR count). The number of nitro groups is 1. The summed E-state index contributed by atoms with van der Waals surface area (Å²) in [6.07, 6.45) is 3.03. The van der Waals surface area contributed by atoms with Crippen LogP contribution in [-0.4, -0.2) is 21.4 Å². The smallest absolute Gasteiger partial charge is 0.373 e. The minimum Gasteiger partial charge on any atom is -0.434 e. The lowest BCUT2D eigenvalue weighted by Gasteiger charge is -2.18. The van der Waals surface area contributed by atoms with E-state index in [0.29, 0.717) is 12.3 Å². The van der Waals surface area contributed by atoms with Crippen molar-refractivity contribution in [1.29, 1.82) is 0 Å². The summed E-state index contributed by atoms with van der Waals surface area (Å²) in [5.74, 6) is 0.695. The van der Waals surface area contributed by atoms with Crippen molar-refractivity contribution in [3.05, 3.63) is 76.1 Å². The van der Waals surface area contributed by atoms with Crippen LogP contribution < -0.4 is 9.64 Å². The first-order chi connectivity index (χ1) is 13.2. The monoisotopic (exact) mass is 362 g/mol. The van der Waals surface area contributed by atoms with E-state index in [2.05, 4.69) is 16.9 Å². The number of hydrogen-bond acceptors (Lipinski definition) is 6. The molecule has 1 aliphatic rings. The molecule has 1 aliphatic heterocycles. The van der Waals surface area contributed by atoms with Gasteiger partial charge in [-0.3, -0.25) is 10.1 Å². The highest BCUT2D eigenvalue weighted by Gasteiger charge is 2.32. The third kappa shape index (κ3) is 3.19. The molecule has 7 nitrogen and oxygen atoms in total. The topological polar surface area (TPSA) is 81.4 Å². The van der Waals surface area contributed by atoms with Gasteiger partial charge in [0.05, 0.1) is 4.92 Å². The number of hydrogen-bond donors (Lipinski definition) is 0. The number of aromatic nitrogens is 2. The Labute approximate surface area is 156 Å². The zero-order valence-corrected chi connectivity index (χ0v) is 14.8. The Morgan fingerprint density at radius 3 is 2.67 bits per heavy atom. The second kappa shape index (κ2) is 7.03. The second-order valence-electron chi connectivity index (χ2n) is 6.24. The number of benzene rings is 2. The van der Waals surface area contributed by atoms with Crippen LogP contribution in [0.3, 0.4) is 0 Å². The van der Waals surface area contributed by atoms with Crippen molar-refractivity contribution in [2.45, 2.75) is 19.8 Å². The second-order valence-corrected chi connectivity index (χ2v) is 6.24. The molecule has 0 atom stereocenters. The molecule has 0 radical (unpaired) electrons. The Kier molecular flexibility index (Phi) is 4.42. The Bertz CT molecular complexity index is 989. The fourth-order valence-corrected chi connectivity index (χ4v) is 3.25. The predicted octanol–water partition coefficient (Wildman–Crippen LogP) is 4.43. The largest absolute Gasteiger partial charge is 0.434 e. The molecule has 7 heteroatoms. The third-order valence-corrected chi connectivity index (χ3v) is 4.64. The fourth-order valence-electron chi connectivity index (χ4n) is 3.25. The lowest BCUT2D eigenvalue weighted by Crippen LogP contribution is -2.17. The molecular weight excluding hydrogens is 344 g/mol. The van der Waals surface area contributed by atoms with Gasteiger partial charge in [0.1, 0.15) is 12.1 Å². The van der Waals surface area contributed by atoms with Crippen molar-refractivity contribution in [2.24, 2.45) is 0 Å². The van der Waals surface area contributed by atoms with Crippen LogP contribution in [0.25, 0.3) is 0 Å². The highest BCUT2D eigenvalue weighted by atomic mass is 16.6. The maximum atomic E-state index is 11.8. The van der Waals surface area contributed by atoms with Gasteiger partial charge in [0.25, 0.3) is 0 Å². The van der Waals surface area contributed by atoms with Crippen molar-refractivity contribution in [3.63, 3.8) is 0 Å². The average molecular weight is 362 g/mol. The van der Waals surface area contributed by atoms with Gasteiger partial charge in [-0.25, -0.2) is 4.98 Å². The van der Waals surface area contributed by atoms with Crippen molar-refractivity contribution in [3.8, 4) is 11.6 Å². The van der Waals surface area contributed by atoms with Gasteiger partial charge in [0.15, 0.2) is 0 Å². The van der Waals surface area contributed by atoms with Gasteiger partial charge in [-0.15, -0.1) is 0 Å². The van der Waals surface area contributed by atoms with E-state index in [0.717, 1.165) is 29.7 Å².